The number of nitrogens with one attached hydrogen (secondary N) is 1. The van der Waals surface area contributed by atoms with Gasteiger partial charge in [-0.25, -0.2) is 0 Å². The maximum absolute atomic E-state index is 5.76. The molecule has 0 saturated carbocycles. The molecule has 0 spiro atoms. The lowest BCUT2D eigenvalue weighted by Crippen LogP contribution is -2.13. The summed E-state index contributed by atoms with van der Waals surface area (Å²) in [6.07, 6.45) is 4.97. The van der Waals surface area contributed by atoms with E-state index >= 15 is 0 Å². The number of hydrogen-bond acceptors (Lipinski definition) is 3. The monoisotopic (exact) mass is 270 g/mol. The fraction of sp³-hybridized carbons (Fsp3) is 0.353. The molecule has 2 aromatic rings. The molecule has 20 heavy (non-hydrogen) atoms. The maximum atomic E-state index is 5.76. The number of aromatic nitrogens is 1. The van der Waals surface area contributed by atoms with Gasteiger partial charge in [0.2, 0.25) is 0 Å². The SMILES string of the molecule is CCC(C)Oc1ccc(CNCc2cccnc2)cc1. The van der Waals surface area contributed by atoms with Crippen LogP contribution in [-0.2, 0) is 13.1 Å². The fourth-order valence-electron chi connectivity index (χ4n) is 1.86. The first-order valence-corrected chi connectivity index (χ1v) is 7.13. The summed E-state index contributed by atoms with van der Waals surface area (Å²) in [7, 11) is 0. The van der Waals surface area contributed by atoms with Gasteiger partial charge in [0.05, 0.1) is 6.10 Å². The van der Waals surface area contributed by atoms with Crippen LogP contribution in [0.1, 0.15) is 31.4 Å². The van der Waals surface area contributed by atoms with Crippen LogP contribution in [0, 0.1) is 0 Å². The number of hydrogen-bond donors (Lipinski definition) is 1. The molecule has 3 heteroatoms. The van der Waals surface area contributed by atoms with Crippen LogP contribution in [0.4, 0.5) is 0 Å². The first kappa shape index (κ1) is 14.5. The minimum atomic E-state index is 0.268. The standard InChI is InChI=1S/C17H22N2O/c1-3-14(2)20-17-8-6-15(7-9-17)11-19-13-16-5-4-10-18-12-16/h4-10,12,14,19H,3,11,13H2,1-2H3. The topological polar surface area (TPSA) is 34.1 Å². The van der Waals surface area contributed by atoms with Crippen molar-refractivity contribution >= 4 is 0 Å². The molecule has 3 nitrogen and oxygen atoms in total. The second-order valence-electron chi connectivity index (χ2n) is 4.95. The Labute approximate surface area is 121 Å². The molecule has 1 N–H and O–H groups in total. The minimum Gasteiger partial charge on any atom is -0.491 e. The van der Waals surface area contributed by atoms with Crippen molar-refractivity contribution in [2.75, 3.05) is 0 Å². The van der Waals surface area contributed by atoms with Crippen LogP contribution in [-0.4, -0.2) is 11.1 Å². The lowest BCUT2D eigenvalue weighted by molar-refractivity contribution is 0.217. The molecular weight excluding hydrogens is 248 g/mol. The average Bonchev–Trinajstić information content (AvgIpc) is 2.50. The van der Waals surface area contributed by atoms with E-state index in [1.807, 2.05) is 24.4 Å². The van der Waals surface area contributed by atoms with Gasteiger partial charge in [0, 0.05) is 25.5 Å². The Hall–Kier alpha value is -1.87. The summed E-state index contributed by atoms with van der Waals surface area (Å²) in [6.45, 7) is 5.89. The van der Waals surface area contributed by atoms with E-state index in [4.69, 9.17) is 4.74 Å². The molecule has 1 unspecified atom stereocenters. The number of rotatable bonds is 7. The first-order valence-electron chi connectivity index (χ1n) is 7.13. The van der Waals surface area contributed by atoms with Crippen LogP contribution in [0.2, 0.25) is 0 Å². The summed E-state index contributed by atoms with van der Waals surface area (Å²) in [5, 5.41) is 3.41. The lowest BCUT2D eigenvalue weighted by Gasteiger charge is -2.13. The number of pyridine rings is 1. The third kappa shape index (κ3) is 4.67. The summed E-state index contributed by atoms with van der Waals surface area (Å²) in [4.78, 5) is 4.10. The molecule has 106 valence electrons. The third-order valence-corrected chi connectivity index (χ3v) is 3.22. The van der Waals surface area contributed by atoms with E-state index in [2.05, 4.69) is 42.3 Å². The molecule has 0 radical (unpaired) electrons. The third-order valence-electron chi connectivity index (χ3n) is 3.22. The van der Waals surface area contributed by atoms with Crippen molar-refractivity contribution in [2.24, 2.45) is 0 Å². The molecular formula is C17H22N2O. The van der Waals surface area contributed by atoms with Gasteiger partial charge in [-0.15, -0.1) is 0 Å². The molecule has 0 fully saturated rings. The Morgan fingerprint density at radius 3 is 2.50 bits per heavy atom. The van der Waals surface area contributed by atoms with Crippen LogP contribution >= 0.6 is 0 Å². The lowest BCUT2D eigenvalue weighted by atomic mass is 10.2. The van der Waals surface area contributed by atoms with Gasteiger partial charge in [0.15, 0.2) is 0 Å². The molecule has 1 aromatic carbocycles. The zero-order chi connectivity index (χ0) is 14.2. The van der Waals surface area contributed by atoms with Gasteiger partial charge in [-0.1, -0.05) is 25.1 Å². The Morgan fingerprint density at radius 1 is 1.10 bits per heavy atom. The minimum absolute atomic E-state index is 0.268. The van der Waals surface area contributed by atoms with E-state index in [0.717, 1.165) is 25.3 Å². The summed E-state index contributed by atoms with van der Waals surface area (Å²) < 4.78 is 5.76. The smallest absolute Gasteiger partial charge is 0.119 e. The van der Waals surface area contributed by atoms with Crippen molar-refractivity contribution in [2.45, 2.75) is 39.5 Å². The molecule has 0 aliphatic carbocycles. The summed E-state index contributed by atoms with van der Waals surface area (Å²) in [5.41, 5.74) is 2.45. The van der Waals surface area contributed by atoms with Crippen molar-refractivity contribution in [3.05, 3.63) is 59.9 Å². The Morgan fingerprint density at radius 2 is 1.85 bits per heavy atom. The largest absolute Gasteiger partial charge is 0.491 e. The van der Waals surface area contributed by atoms with Crippen LogP contribution in [0.5, 0.6) is 5.75 Å². The number of benzene rings is 1. The molecule has 0 aliphatic heterocycles. The molecule has 1 atom stereocenters. The summed E-state index contributed by atoms with van der Waals surface area (Å²) in [5.74, 6) is 0.940. The van der Waals surface area contributed by atoms with Gasteiger partial charge >= 0.3 is 0 Å². The normalized spacial score (nSPS) is 12.1. The van der Waals surface area contributed by atoms with Crippen molar-refractivity contribution in [3.8, 4) is 5.75 Å². The molecule has 0 saturated heterocycles. The van der Waals surface area contributed by atoms with Crippen molar-refractivity contribution in [1.82, 2.24) is 10.3 Å². The maximum Gasteiger partial charge on any atom is 0.119 e. The zero-order valence-corrected chi connectivity index (χ0v) is 12.2. The van der Waals surface area contributed by atoms with Gasteiger partial charge in [0.25, 0.3) is 0 Å². The highest BCUT2D eigenvalue weighted by Gasteiger charge is 2.01. The van der Waals surface area contributed by atoms with E-state index in [1.54, 1.807) is 6.20 Å². The molecule has 2 rings (SSSR count). The second kappa shape index (κ2) is 7.65. The van der Waals surface area contributed by atoms with Gasteiger partial charge in [-0.3, -0.25) is 4.98 Å². The number of ether oxygens (including phenoxy) is 1. The van der Waals surface area contributed by atoms with E-state index < -0.39 is 0 Å². The molecule has 1 heterocycles. The van der Waals surface area contributed by atoms with Crippen molar-refractivity contribution in [1.29, 1.82) is 0 Å². The van der Waals surface area contributed by atoms with Gasteiger partial charge in [-0.05, 0) is 42.7 Å². The van der Waals surface area contributed by atoms with Gasteiger partial charge in [-0.2, -0.15) is 0 Å². The average molecular weight is 270 g/mol. The predicted octanol–water partition coefficient (Wildman–Crippen LogP) is 3.55. The van der Waals surface area contributed by atoms with Crippen LogP contribution in [0.25, 0.3) is 0 Å². The zero-order valence-electron chi connectivity index (χ0n) is 12.2. The van der Waals surface area contributed by atoms with Gasteiger partial charge in [0.1, 0.15) is 5.75 Å². The molecule has 0 bridgehead atoms. The molecule has 0 amide bonds. The first-order chi connectivity index (χ1) is 9.78. The Kier molecular flexibility index (Phi) is 5.56. The van der Waals surface area contributed by atoms with E-state index in [9.17, 15) is 0 Å². The van der Waals surface area contributed by atoms with Crippen LogP contribution in [0.15, 0.2) is 48.8 Å². The summed E-state index contributed by atoms with van der Waals surface area (Å²) >= 11 is 0. The van der Waals surface area contributed by atoms with E-state index in [1.165, 1.54) is 11.1 Å². The number of nitrogens with zero attached hydrogens (tertiary/aromatic N) is 1. The van der Waals surface area contributed by atoms with Crippen LogP contribution in [0.3, 0.4) is 0 Å². The highest BCUT2D eigenvalue weighted by molar-refractivity contribution is 5.27. The molecule has 0 aliphatic rings. The summed E-state index contributed by atoms with van der Waals surface area (Å²) in [6, 6.07) is 12.3. The van der Waals surface area contributed by atoms with E-state index in [-0.39, 0.29) is 6.10 Å². The quantitative estimate of drug-likeness (QED) is 0.835. The predicted molar refractivity (Wildman–Crippen MR) is 81.6 cm³/mol. The van der Waals surface area contributed by atoms with Crippen molar-refractivity contribution < 1.29 is 4.74 Å². The van der Waals surface area contributed by atoms with Crippen LogP contribution < -0.4 is 10.1 Å². The Balaban J connectivity index is 1.79. The van der Waals surface area contributed by atoms with Crippen molar-refractivity contribution in [3.63, 3.8) is 0 Å². The highest BCUT2D eigenvalue weighted by Crippen LogP contribution is 2.14. The highest BCUT2D eigenvalue weighted by atomic mass is 16.5. The molecule has 1 aromatic heterocycles. The Bertz CT molecular complexity index is 496. The fourth-order valence-corrected chi connectivity index (χ4v) is 1.86. The van der Waals surface area contributed by atoms with E-state index in [0.29, 0.717) is 0 Å². The second-order valence-corrected chi connectivity index (χ2v) is 4.95. The van der Waals surface area contributed by atoms with Gasteiger partial charge < -0.3 is 10.1 Å².